The monoisotopic (exact) mass is 655 g/mol. The van der Waals surface area contributed by atoms with E-state index in [0.29, 0.717) is 0 Å². The Hall–Kier alpha value is -6.22. The van der Waals surface area contributed by atoms with Crippen LogP contribution < -0.4 is 4.90 Å². The third-order valence-electron chi connectivity index (χ3n) is 9.50. The Balaban J connectivity index is 1.22. The molecule has 0 amide bonds. The quantitative estimate of drug-likeness (QED) is 0.165. The van der Waals surface area contributed by atoms with E-state index in [0.717, 1.165) is 17.1 Å². The number of anilines is 3. The van der Waals surface area contributed by atoms with Crippen molar-refractivity contribution in [3.8, 4) is 44.5 Å². The fraction of sp³-hybridized carbons (Fsp3) is 0. The van der Waals surface area contributed by atoms with Crippen LogP contribution >= 0.6 is 11.3 Å². The maximum Gasteiger partial charge on any atom is 0.0468 e. The molecule has 0 saturated heterocycles. The van der Waals surface area contributed by atoms with Crippen LogP contribution in [0.2, 0.25) is 0 Å². The first-order valence-electron chi connectivity index (χ1n) is 17.0. The summed E-state index contributed by atoms with van der Waals surface area (Å²) < 4.78 is 2.63. The van der Waals surface area contributed by atoms with Crippen LogP contribution in [0.5, 0.6) is 0 Å². The van der Waals surface area contributed by atoms with E-state index >= 15 is 0 Å². The van der Waals surface area contributed by atoms with Crippen molar-refractivity contribution in [3.63, 3.8) is 0 Å². The van der Waals surface area contributed by atoms with Crippen LogP contribution in [0, 0.1) is 0 Å². The third kappa shape index (κ3) is 5.56. The highest BCUT2D eigenvalue weighted by Gasteiger charge is 2.19. The first kappa shape index (κ1) is 29.9. The van der Waals surface area contributed by atoms with E-state index < -0.39 is 0 Å². The average Bonchev–Trinajstić information content (AvgIpc) is 3.59. The topological polar surface area (TPSA) is 3.24 Å². The summed E-state index contributed by atoms with van der Waals surface area (Å²) in [4.78, 5) is 2.38. The van der Waals surface area contributed by atoms with Crippen LogP contribution in [-0.4, -0.2) is 0 Å². The lowest BCUT2D eigenvalue weighted by molar-refractivity contribution is 1.28. The second kappa shape index (κ2) is 13.0. The summed E-state index contributed by atoms with van der Waals surface area (Å²) in [5.74, 6) is 0. The largest absolute Gasteiger partial charge is 0.310 e. The number of hydrogen-bond donors (Lipinski definition) is 0. The molecule has 0 atom stereocenters. The maximum absolute atomic E-state index is 2.38. The van der Waals surface area contributed by atoms with E-state index in [9.17, 15) is 0 Å². The van der Waals surface area contributed by atoms with Gasteiger partial charge in [-0.05, 0) is 93.0 Å². The lowest BCUT2D eigenvalue weighted by Crippen LogP contribution is -2.10. The molecule has 0 spiro atoms. The van der Waals surface area contributed by atoms with Gasteiger partial charge in [-0.25, -0.2) is 0 Å². The predicted octanol–water partition coefficient (Wildman–Crippen LogP) is 14.2. The predicted molar refractivity (Wildman–Crippen MR) is 216 cm³/mol. The van der Waals surface area contributed by atoms with E-state index in [1.807, 2.05) is 11.3 Å². The summed E-state index contributed by atoms with van der Waals surface area (Å²) in [5.41, 5.74) is 13.0. The standard InChI is InChI=1S/C48H33NS/c1-4-13-34(14-5-1)36-23-27-39(28-24-36)49(40-29-25-37(26-30-40)35-15-6-2-7-16-35)41-31-32-42(45(33-41)38-17-8-3-9-18-38)43-20-12-22-47-48(43)44-19-10-11-21-46(44)50-47/h1-33H. The zero-order valence-electron chi connectivity index (χ0n) is 27.4. The van der Waals surface area contributed by atoms with E-state index in [1.54, 1.807) is 0 Å². The van der Waals surface area contributed by atoms with Crippen molar-refractivity contribution in [2.75, 3.05) is 4.90 Å². The summed E-state index contributed by atoms with van der Waals surface area (Å²) in [5, 5.41) is 2.63. The van der Waals surface area contributed by atoms with E-state index in [1.165, 1.54) is 64.7 Å². The number of hydrogen-bond acceptors (Lipinski definition) is 2. The highest BCUT2D eigenvalue weighted by atomic mass is 32.1. The number of benzene rings is 8. The smallest absolute Gasteiger partial charge is 0.0468 e. The molecule has 0 aliphatic rings. The SMILES string of the molecule is c1ccc(-c2ccc(N(c3ccc(-c4ccccc4)cc3)c3ccc(-c4cccc5sc6ccccc6c45)c(-c4ccccc4)c3)cc2)cc1. The van der Waals surface area contributed by atoms with Gasteiger partial charge in [-0.2, -0.15) is 0 Å². The van der Waals surface area contributed by atoms with Crippen LogP contribution in [0.25, 0.3) is 64.7 Å². The number of fused-ring (bicyclic) bond motifs is 3. The van der Waals surface area contributed by atoms with Crippen molar-refractivity contribution >= 4 is 48.6 Å². The minimum Gasteiger partial charge on any atom is -0.310 e. The fourth-order valence-electron chi connectivity index (χ4n) is 7.08. The van der Waals surface area contributed by atoms with E-state index in [-0.39, 0.29) is 0 Å². The minimum absolute atomic E-state index is 1.11. The minimum atomic E-state index is 1.11. The Morgan fingerprint density at radius 2 is 0.780 bits per heavy atom. The van der Waals surface area contributed by atoms with Gasteiger partial charge in [-0.3, -0.25) is 0 Å². The Morgan fingerprint density at radius 3 is 1.38 bits per heavy atom. The summed E-state index contributed by atoms with van der Waals surface area (Å²) in [6.45, 7) is 0. The highest BCUT2D eigenvalue weighted by molar-refractivity contribution is 7.25. The molecule has 0 bridgehead atoms. The molecule has 0 radical (unpaired) electrons. The van der Waals surface area contributed by atoms with Gasteiger partial charge < -0.3 is 4.90 Å². The van der Waals surface area contributed by atoms with E-state index in [4.69, 9.17) is 0 Å². The van der Waals surface area contributed by atoms with Crippen molar-refractivity contribution < 1.29 is 0 Å². The molecule has 2 heteroatoms. The number of rotatable bonds is 7. The molecule has 0 saturated carbocycles. The Bertz CT molecular complexity index is 2470. The molecular weight excluding hydrogens is 623 g/mol. The van der Waals surface area contributed by atoms with Gasteiger partial charge in [-0.1, -0.05) is 152 Å². The molecule has 8 aromatic carbocycles. The van der Waals surface area contributed by atoms with Crippen LogP contribution in [0.4, 0.5) is 17.1 Å². The molecule has 0 N–H and O–H groups in total. The zero-order valence-corrected chi connectivity index (χ0v) is 28.2. The van der Waals surface area contributed by atoms with Gasteiger partial charge >= 0.3 is 0 Å². The molecule has 9 rings (SSSR count). The van der Waals surface area contributed by atoms with Crippen molar-refractivity contribution in [1.82, 2.24) is 0 Å². The van der Waals surface area contributed by atoms with E-state index in [2.05, 4.69) is 205 Å². The number of thiophene rings is 1. The number of nitrogens with zero attached hydrogens (tertiary/aromatic N) is 1. The summed E-state index contributed by atoms with van der Waals surface area (Å²) in [6, 6.07) is 72.3. The van der Waals surface area contributed by atoms with Gasteiger partial charge in [0, 0.05) is 37.2 Å². The summed E-state index contributed by atoms with van der Waals surface area (Å²) >= 11 is 1.87. The van der Waals surface area contributed by atoms with Crippen LogP contribution in [-0.2, 0) is 0 Å². The van der Waals surface area contributed by atoms with Gasteiger partial charge in [-0.15, -0.1) is 11.3 Å². The first-order valence-corrected chi connectivity index (χ1v) is 17.8. The molecule has 0 fully saturated rings. The van der Waals surface area contributed by atoms with Crippen molar-refractivity contribution in [2.24, 2.45) is 0 Å². The van der Waals surface area contributed by atoms with Gasteiger partial charge in [0.25, 0.3) is 0 Å². The molecule has 236 valence electrons. The molecule has 1 nitrogen and oxygen atoms in total. The molecule has 1 heterocycles. The molecule has 50 heavy (non-hydrogen) atoms. The fourth-order valence-corrected chi connectivity index (χ4v) is 8.21. The van der Waals surface area contributed by atoms with Crippen molar-refractivity contribution in [2.45, 2.75) is 0 Å². The lowest BCUT2D eigenvalue weighted by atomic mass is 9.91. The summed E-state index contributed by atoms with van der Waals surface area (Å²) in [7, 11) is 0. The molecule has 1 aromatic heterocycles. The van der Waals surface area contributed by atoms with Gasteiger partial charge in [0.2, 0.25) is 0 Å². The second-order valence-corrected chi connectivity index (χ2v) is 13.6. The van der Waals surface area contributed by atoms with Gasteiger partial charge in [0.05, 0.1) is 0 Å². The highest BCUT2D eigenvalue weighted by Crippen LogP contribution is 2.45. The Morgan fingerprint density at radius 1 is 0.300 bits per heavy atom. The molecule has 9 aromatic rings. The van der Waals surface area contributed by atoms with Gasteiger partial charge in [0.1, 0.15) is 0 Å². The maximum atomic E-state index is 2.38. The Labute approximate surface area is 297 Å². The van der Waals surface area contributed by atoms with Crippen LogP contribution in [0.1, 0.15) is 0 Å². The zero-order chi connectivity index (χ0) is 33.3. The lowest BCUT2D eigenvalue weighted by Gasteiger charge is -2.27. The second-order valence-electron chi connectivity index (χ2n) is 12.5. The van der Waals surface area contributed by atoms with Crippen LogP contribution in [0.3, 0.4) is 0 Å². The normalized spacial score (nSPS) is 11.2. The average molecular weight is 656 g/mol. The Kier molecular flexibility index (Phi) is 7.77. The van der Waals surface area contributed by atoms with Crippen molar-refractivity contribution in [3.05, 3.63) is 200 Å². The van der Waals surface area contributed by atoms with Gasteiger partial charge in [0.15, 0.2) is 0 Å². The molecule has 0 aliphatic heterocycles. The van der Waals surface area contributed by atoms with Crippen LogP contribution in [0.15, 0.2) is 200 Å². The molecule has 0 unspecified atom stereocenters. The summed E-state index contributed by atoms with van der Waals surface area (Å²) in [6.07, 6.45) is 0. The molecule has 0 aliphatic carbocycles. The molecular formula is C48H33NS. The first-order chi connectivity index (χ1) is 24.8. The van der Waals surface area contributed by atoms with Crippen molar-refractivity contribution in [1.29, 1.82) is 0 Å². The third-order valence-corrected chi connectivity index (χ3v) is 10.6.